The first-order chi connectivity index (χ1) is 11.1. The van der Waals surface area contributed by atoms with Gasteiger partial charge in [-0.1, -0.05) is 0 Å². The second kappa shape index (κ2) is 8.32. The van der Waals surface area contributed by atoms with Gasteiger partial charge >= 0.3 is 6.18 Å². The molecule has 1 aromatic rings. The Bertz CT molecular complexity index is 598. The summed E-state index contributed by atoms with van der Waals surface area (Å²) in [6, 6.07) is 3.54. The fraction of sp³-hybridized carbons (Fsp3) is 0.400. The molecule has 132 valence electrons. The highest BCUT2D eigenvalue weighted by Crippen LogP contribution is 2.28. The Morgan fingerprint density at radius 2 is 1.50 bits per heavy atom. The van der Waals surface area contributed by atoms with E-state index in [1.165, 1.54) is 0 Å². The number of hydrogen-bond acceptors (Lipinski definition) is 3. The molecule has 0 heterocycles. The van der Waals surface area contributed by atoms with Gasteiger partial charge in [0.1, 0.15) is 0 Å². The molecule has 6 nitrogen and oxygen atoms in total. The summed E-state index contributed by atoms with van der Waals surface area (Å²) < 4.78 is 37.3. The summed E-state index contributed by atoms with van der Waals surface area (Å²) in [6.45, 7) is 2.91. The van der Waals surface area contributed by atoms with Crippen molar-refractivity contribution in [3.63, 3.8) is 0 Å². The van der Waals surface area contributed by atoms with Gasteiger partial charge in [-0.05, 0) is 38.1 Å². The van der Waals surface area contributed by atoms with Crippen LogP contribution in [0.3, 0.4) is 0 Å². The Morgan fingerprint density at radius 3 is 2.00 bits per heavy atom. The lowest BCUT2D eigenvalue weighted by Crippen LogP contribution is -2.43. The SMILES string of the molecule is CC(C)NC(=O)CNC(=O)CNC(=O)c1ccc(C(F)(F)F)cc1. The van der Waals surface area contributed by atoms with E-state index in [4.69, 9.17) is 0 Å². The lowest BCUT2D eigenvalue weighted by atomic mass is 10.1. The van der Waals surface area contributed by atoms with Crippen molar-refractivity contribution in [1.29, 1.82) is 0 Å². The van der Waals surface area contributed by atoms with E-state index in [-0.39, 0.29) is 24.1 Å². The van der Waals surface area contributed by atoms with Crippen LogP contribution in [0.15, 0.2) is 24.3 Å². The predicted octanol–water partition coefficient (Wildman–Crippen LogP) is 1.08. The molecule has 3 amide bonds. The second-order valence-corrected chi connectivity index (χ2v) is 5.26. The number of nitrogens with one attached hydrogen (secondary N) is 3. The summed E-state index contributed by atoms with van der Waals surface area (Å²) in [5.74, 6) is -1.65. The molecular weight excluding hydrogens is 327 g/mol. The minimum atomic E-state index is -4.48. The maximum Gasteiger partial charge on any atom is 0.416 e. The lowest BCUT2D eigenvalue weighted by Gasteiger charge is -2.10. The summed E-state index contributed by atoms with van der Waals surface area (Å²) in [5, 5.41) is 7.14. The van der Waals surface area contributed by atoms with Crippen LogP contribution < -0.4 is 16.0 Å². The van der Waals surface area contributed by atoms with Crippen molar-refractivity contribution in [1.82, 2.24) is 16.0 Å². The van der Waals surface area contributed by atoms with Crippen LogP contribution in [0.1, 0.15) is 29.8 Å². The van der Waals surface area contributed by atoms with Crippen molar-refractivity contribution < 1.29 is 27.6 Å². The molecule has 0 aliphatic carbocycles. The van der Waals surface area contributed by atoms with Gasteiger partial charge < -0.3 is 16.0 Å². The van der Waals surface area contributed by atoms with E-state index in [0.717, 1.165) is 24.3 Å². The van der Waals surface area contributed by atoms with Crippen molar-refractivity contribution in [3.05, 3.63) is 35.4 Å². The van der Waals surface area contributed by atoms with Crippen LogP contribution in [0, 0.1) is 0 Å². The van der Waals surface area contributed by atoms with Crippen LogP contribution in [0.25, 0.3) is 0 Å². The molecule has 0 radical (unpaired) electrons. The molecule has 0 unspecified atom stereocenters. The molecule has 0 saturated heterocycles. The highest BCUT2D eigenvalue weighted by molar-refractivity contribution is 5.96. The predicted molar refractivity (Wildman–Crippen MR) is 80.1 cm³/mol. The van der Waals surface area contributed by atoms with Gasteiger partial charge in [0.05, 0.1) is 18.7 Å². The topological polar surface area (TPSA) is 87.3 Å². The zero-order valence-corrected chi connectivity index (χ0v) is 13.2. The van der Waals surface area contributed by atoms with E-state index in [0.29, 0.717) is 0 Å². The number of carbonyl (C=O) groups excluding carboxylic acids is 3. The molecule has 0 aliphatic rings. The van der Waals surface area contributed by atoms with Crippen LogP contribution in [0.4, 0.5) is 13.2 Å². The molecule has 1 rings (SSSR count). The quantitative estimate of drug-likeness (QED) is 0.721. The zero-order valence-electron chi connectivity index (χ0n) is 13.2. The highest BCUT2D eigenvalue weighted by Gasteiger charge is 2.30. The molecular formula is C15H18F3N3O3. The number of halogens is 3. The van der Waals surface area contributed by atoms with Crippen molar-refractivity contribution >= 4 is 17.7 Å². The second-order valence-electron chi connectivity index (χ2n) is 5.26. The highest BCUT2D eigenvalue weighted by atomic mass is 19.4. The fourth-order valence-corrected chi connectivity index (χ4v) is 1.69. The van der Waals surface area contributed by atoms with E-state index >= 15 is 0 Å². The van der Waals surface area contributed by atoms with E-state index in [2.05, 4.69) is 16.0 Å². The maximum absolute atomic E-state index is 12.4. The molecule has 0 bridgehead atoms. The van der Waals surface area contributed by atoms with Crippen molar-refractivity contribution in [2.75, 3.05) is 13.1 Å². The van der Waals surface area contributed by atoms with E-state index in [1.54, 1.807) is 13.8 Å². The Balaban J connectivity index is 2.43. The van der Waals surface area contributed by atoms with Crippen molar-refractivity contribution in [2.24, 2.45) is 0 Å². The van der Waals surface area contributed by atoms with E-state index in [9.17, 15) is 27.6 Å². The summed E-state index contributed by atoms with van der Waals surface area (Å²) in [7, 11) is 0. The number of rotatable bonds is 6. The molecule has 0 fully saturated rings. The van der Waals surface area contributed by atoms with Gasteiger partial charge in [0.25, 0.3) is 5.91 Å². The zero-order chi connectivity index (χ0) is 18.3. The largest absolute Gasteiger partial charge is 0.416 e. The first-order valence-corrected chi connectivity index (χ1v) is 7.11. The van der Waals surface area contributed by atoms with Crippen LogP contribution in [0.2, 0.25) is 0 Å². The van der Waals surface area contributed by atoms with Crippen LogP contribution >= 0.6 is 0 Å². The summed E-state index contributed by atoms with van der Waals surface area (Å²) in [4.78, 5) is 34.6. The number of benzene rings is 1. The number of alkyl halides is 3. The van der Waals surface area contributed by atoms with Crippen molar-refractivity contribution in [3.8, 4) is 0 Å². The smallest absolute Gasteiger partial charge is 0.352 e. The standard InChI is InChI=1S/C15H18F3N3O3/c1-9(2)21-13(23)8-19-12(22)7-20-14(24)10-3-5-11(6-4-10)15(16,17)18/h3-6,9H,7-8H2,1-2H3,(H,19,22)(H,20,24)(H,21,23). The first kappa shape index (κ1) is 19.5. The minimum absolute atomic E-state index is 0.00616. The number of hydrogen-bond donors (Lipinski definition) is 3. The molecule has 0 saturated carbocycles. The van der Waals surface area contributed by atoms with Gasteiger partial charge in [-0.3, -0.25) is 14.4 Å². The molecule has 24 heavy (non-hydrogen) atoms. The normalized spacial score (nSPS) is 11.1. The van der Waals surface area contributed by atoms with Gasteiger partial charge in [0.15, 0.2) is 0 Å². The number of amides is 3. The lowest BCUT2D eigenvalue weighted by molar-refractivity contribution is -0.137. The van der Waals surface area contributed by atoms with E-state index < -0.39 is 30.1 Å². The first-order valence-electron chi connectivity index (χ1n) is 7.11. The molecule has 0 spiro atoms. The van der Waals surface area contributed by atoms with Gasteiger partial charge in [-0.15, -0.1) is 0 Å². The maximum atomic E-state index is 12.4. The monoisotopic (exact) mass is 345 g/mol. The van der Waals surface area contributed by atoms with E-state index in [1.807, 2.05) is 0 Å². The summed E-state index contributed by atoms with van der Waals surface area (Å²) in [6.07, 6.45) is -4.48. The third-order valence-corrected chi connectivity index (χ3v) is 2.78. The minimum Gasteiger partial charge on any atom is -0.352 e. The average Bonchev–Trinajstić information content (AvgIpc) is 2.49. The van der Waals surface area contributed by atoms with Gasteiger partial charge in [-0.25, -0.2) is 0 Å². The molecule has 0 aromatic heterocycles. The summed E-state index contributed by atoms with van der Waals surface area (Å²) in [5.41, 5.74) is -0.874. The molecule has 3 N–H and O–H groups in total. The molecule has 0 aliphatic heterocycles. The third kappa shape index (κ3) is 6.67. The summed E-state index contributed by atoms with van der Waals surface area (Å²) >= 11 is 0. The van der Waals surface area contributed by atoms with Crippen molar-refractivity contribution in [2.45, 2.75) is 26.1 Å². The molecule has 1 aromatic carbocycles. The van der Waals surface area contributed by atoms with Crippen LogP contribution in [-0.4, -0.2) is 36.9 Å². The fourth-order valence-electron chi connectivity index (χ4n) is 1.69. The molecule has 0 atom stereocenters. The van der Waals surface area contributed by atoms with Gasteiger partial charge in [-0.2, -0.15) is 13.2 Å². The third-order valence-electron chi connectivity index (χ3n) is 2.78. The Labute approximate surface area is 136 Å². The van der Waals surface area contributed by atoms with Crippen LogP contribution in [0.5, 0.6) is 0 Å². The Morgan fingerprint density at radius 1 is 0.958 bits per heavy atom. The number of carbonyl (C=O) groups is 3. The van der Waals surface area contributed by atoms with Gasteiger partial charge in [0, 0.05) is 11.6 Å². The van der Waals surface area contributed by atoms with Crippen LogP contribution in [-0.2, 0) is 15.8 Å². The average molecular weight is 345 g/mol. The Hall–Kier alpha value is -2.58. The molecule has 9 heteroatoms. The van der Waals surface area contributed by atoms with Gasteiger partial charge in [0.2, 0.25) is 11.8 Å². The Kier molecular flexibility index (Phi) is 6.75.